The van der Waals surface area contributed by atoms with Gasteiger partial charge in [-0.1, -0.05) is 23.2 Å². The van der Waals surface area contributed by atoms with Gasteiger partial charge in [0.1, 0.15) is 6.61 Å². The number of hydrogen-bond donors (Lipinski definition) is 1. The molecule has 0 saturated carbocycles. The quantitative estimate of drug-likeness (QED) is 0.692. The Bertz CT molecular complexity index is 605. The van der Waals surface area contributed by atoms with Crippen LogP contribution in [0.25, 0.3) is 0 Å². The zero-order chi connectivity index (χ0) is 14.0. The summed E-state index contributed by atoms with van der Waals surface area (Å²) in [5.74, 6) is -0.518. The third-order valence-corrected chi connectivity index (χ3v) is 3.95. The maximum atomic E-state index is 11.8. The lowest BCUT2D eigenvalue weighted by molar-refractivity contribution is 0.0468. The van der Waals surface area contributed by atoms with Gasteiger partial charge in [0.2, 0.25) is 0 Å². The highest BCUT2D eigenvalue weighted by Gasteiger charge is 2.13. The molecule has 0 aliphatic heterocycles. The normalized spacial score (nSPS) is 10.5. The van der Waals surface area contributed by atoms with Crippen molar-refractivity contribution in [2.24, 2.45) is 0 Å². The number of rotatable bonds is 3. The number of carbonyl (C=O) groups excluding carboxylic acids is 1. The van der Waals surface area contributed by atoms with Gasteiger partial charge in [0.15, 0.2) is 0 Å². The van der Waals surface area contributed by atoms with Crippen LogP contribution < -0.4 is 5.73 Å². The van der Waals surface area contributed by atoms with Crippen LogP contribution in [0.3, 0.4) is 0 Å². The van der Waals surface area contributed by atoms with Crippen LogP contribution in [-0.4, -0.2) is 11.0 Å². The van der Waals surface area contributed by atoms with E-state index in [1.165, 1.54) is 23.5 Å². The standard InChI is InChI=1S/C12H10Cl2N2O2S/c1-6-16-8(5-19-6)4-18-12(17)7-2-9(13)11(14)10(15)3-7/h2-3,5H,4,15H2,1H3. The Balaban J connectivity index is 2.08. The average Bonchev–Trinajstić information content (AvgIpc) is 2.78. The van der Waals surface area contributed by atoms with E-state index >= 15 is 0 Å². The van der Waals surface area contributed by atoms with Gasteiger partial charge in [-0.2, -0.15) is 0 Å². The largest absolute Gasteiger partial charge is 0.456 e. The van der Waals surface area contributed by atoms with Crippen LogP contribution in [0, 0.1) is 6.92 Å². The molecular formula is C12H10Cl2N2O2S. The monoisotopic (exact) mass is 316 g/mol. The molecule has 0 spiro atoms. The number of halogens is 2. The van der Waals surface area contributed by atoms with Crippen LogP contribution in [0.4, 0.5) is 5.69 Å². The number of anilines is 1. The zero-order valence-electron chi connectivity index (χ0n) is 9.94. The smallest absolute Gasteiger partial charge is 0.338 e. The van der Waals surface area contributed by atoms with E-state index in [4.69, 9.17) is 33.7 Å². The highest BCUT2D eigenvalue weighted by atomic mass is 35.5. The Morgan fingerprint density at radius 3 is 2.79 bits per heavy atom. The first kappa shape index (κ1) is 14.1. The van der Waals surface area contributed by atoms with Crippen molar-refractivity contribution in [3.05, 3.63) is 43.8 Å². The molecule has 2 rings (SSSR count). The molecule has 7 heteroatoms. The maximum Gasteiger partial charge on any atom is 0.338 e. The summed E-state index contributed by atoms with van der Waals surface area (Å²) in [4.78, 5) is 16.0. The van der Waals surface area contributed by atoms with Crippen molar-refractivity contribution in [1.82, 2.24) is 4.98 Å². The highest BCUT2D eigenvalue weighted by molar-refractivity contribution is 7.09. The van der Waals surface area contributed by atoms with Crippen LogP contribution >= 0.6 is 34.5 Å². The predicted octanol–water partition coefficient (Wildman–Crippen LogP) is 3.70. The van der Waals surface area contributed by atoms with E-state index in [1.54, 1.807) is 0 Å². The highest BCUT2D eigenvalue weighted by Crippen LogP contribution is 2.29. The second-order valence-corrected chi connectivity index (χ2v) is 5.64. The molecule has 0 atom stereocenters. The van der Waals surface area contributed by atoms with Crippen molar-refractivity contribution in [2.45, 2.75) is 13.5 Å². The minimum absolute atomic E-state index is 0.114. The Morgan fingerprint density at radius 1 is 1.47 bits per heavy atom. The van der Waals surface area contributed by atoms with Gasteiger partial charge in [0, 0.05) is 5.38 Å². The van der Waals surface area contributed by atoms with Gasteiger partial charge >= 0.3 is 5.97 Å². The lowest BCUT2D eigenvalue weighted by atomic mass is 10.2. The topological polar surface area (TPSA) is 65.2 Å². The van der Waals surface area contributed by atoms with E-state index in [0.29, 0.717) is 5.69 Å². The van der Waals surface area contributed by atoms with Gasteiger partial charge in [-0.25, -0.2) is 9.78 Å². The molecule has 0 aliphatic carbocycles. The maximum absolute atomic E-state index is 11.8. The minimum Gasteiger partial charge on any atom is -0.456 e. The molecule has 0 fully saturated rings. The van der Waals surface area contributed by atoms with E-state index in [9.17, 15) is 4.79 Å². The van der Waals surface area contributed by atoms with E-state index in [-0.39, 0.29) is 27.9 Å². The number of ether oxygens (including phenoxy) is 1. The van der Waals surface area contributed by atoms with Crippen molar-refractivity contribution >= 4 is 46.2 Å². The van der Waals surface area contributed by atoms with E-state index < -0.39 is 5.97 Å². The molecule has 0 radical (unpaired) electrons. The molecule has 0 saturated heterocycles. The molecule has 19 heavy (non-hydrogen) atoms. The SMILES string of the molecule is Cc1nc(COC(=O)c2cc(N)c(Cl)c(Cl)c2)cs1. The summed E-state index contributed by atoms with van der Waals surface area (Å²) in [6, 6.07) is 2.86. The summed E-state index contributed by atoms with van der Waals surface area (Å²) in [7, 11) is 0. The van der Waals surface area contributed by atoms with E-state index in [0.717, 1.165) is 5.01 Å². The summed E-state index contributed by atoms with van der Waals surface area (Å²) >= 11 is 13.2. The van der Waals surface area contributed by atoms with Crippen molar-refractivity contribution in [3.63, 3.8) is 0 Å². The number of esters is 1. The molecule has 1 aromatic heterocycles. The molecule has 1 heterocycles. The van der Waals surface area contributed by atoms with E-state index in [1.807, 2.05) is 12.3 Å². The third kappa shape index (κ3) is 3.37. The van der Waals surface area contributed by atoms with Crippen LogP contribution in [0.1, 0.15) is 21.1 Å². The van der Waals surface area contributed by atoms with Crippen molar-refractivity contribution in [1.29, 1.82) is 0 Å². The van der Waals surface area contributed by atoms with Gasteiger partial charge < -0.3 is 10.5 Å². The van der Waals surface area contributed by atoms with Gasteiger partial charge in [-0.3, -0.25) is 0 Å². The van der Waals surface area contributed by atoms with Crippen molar-refractivity contribution < 1.29 is 9.53 Å². The number of nitrogens with two attached hydrogens (primary N) is 1. The van der Waals surface area contributed by atoms with Crippen LogP contribution in [0.5, 0.6) is 0 Å². The number of nitrogen functional groups attached to an aromatic ring is 1. The molecule has 2 aromatic rings. The summed E-state index contributed by atoms with van der Waals surface area (Å²) in [5, 5.41) is 3.21. The van der Waals surface area contributed by atoms with Gasteiger partial charge in [-0.15, -0.1) is 11.3 Å². The van der Waals surface area contributed by atoms with Crippen molar-refractivity contribution in [2.75, 3.05) is 5.73 Å². The van der Waals surface area contributed by atoms with E-state index in [2.05, 4.69) is 4.98 Å². The fourth-order valence-electron chi connectivity index (χ4n) is 1.43. The minimum atomic E-state index is -0.518. The number of carbonyl (C=O) groups is 1. The van der Waals surface area contributed by atoms with Gasteiger partial charge in [-0.05, 0) is 19.1 Å². The van der Waals surface area contributed by atoms with Gasteiger partial charge in [0.05, 0.1) is 32.0 Å². The van der Waals surface area contributed by atoms with Crippen molar-refractivity contribution in [3.8, 4) is 0 Å². The molecular weight excluding hydrogens is 307 g/mol. The number of hydrogen-bond acceptors (Lipinski definition) is 5. The molecule has 1 aromatic carbocycles. The summed E-state index contributed by atoms with van der Waals surface area (Å²) < 4.78 is 5.13. The molecule has 100 valence electrons. The summed E-state index contributed by atoms with van der Waals surface area (Å²) in [6.45, 7) is 2.00. The molecule has 0 aliphatic rings. The lowest BCUT2D eigenvalue weighted by Crippen LogP contribution is -2.06. The number of aromatic nitrogens is 1. The first-order valence-electron chi connectivity index (χ1n) is 5.30. The number of aryl methyl sites for hydroxylation is 1. The number of benzene rings is 1. The molecule has 0 unspecified atom stereocenters. The van der Waals surface area contributed by atoms with Crippen LogP contribution in [-0.2, 0) is 11.3 Å². The summed E-state index contributed by atoms with van der Waals surface area (Å²) in [6.07, 6.45) is 0. The molecule has 0 bridgehead atoms. The Labute approximate surface area is 124 Å². The number of thiazole rings is 1. The second kappa shape index (κ2) is 5.77. The Hall–Kier alpha value is -1.30. The summed E-state index contributed by atoms with van der Waals surface area (Å²) in [5.41, 5.74) is 6.85. The Morgan fingerprint density at radius 2 is 2.21 bits per heavy atom. The first-order valence-corrected chi connectivity index (χ1v) is 6.93. The lowest BCUT2D eigenvalue weighted by Gasteiger charge is -2.06. The molecule has 0 amide bonds. The fraction of sp³-hybridized carbons (Fsp3) is 0.167. The second-order valence-electron chi connectivity index (χ2n) is 3.80. The predicted molar refractivity (Wildman–Crippen MR) is 76.8 cm³/mol. The molecule has 2 N–H and O–H groups in total. The Kier molecular flexibility index (Phi) is 4.29. The zero-order valence-corrected chi connectivity index (χ0v) is 12.3. The van der Waals surface area contributed by atoms with Gasteiger partial charge in [0.25, 0.3) is 0 Å². The third-order valence-electron chi connectivity index (χ3n) is 2.31. The number of nitrogens with zero attached hydrogens (tertiary/aromatic N) is 1. The van der Waals surface area contributed by atoms with Crippen LogP contribution in [0.2, 0.25) is 10.0 Å². The van der Waals surface area contributed by atoms with Crippen LogP contribution in [0.15, 0.2) is 17.5 Å². The molecule has 4 nitrogen and oxygen atoms in total. The average molecular weight is 317 g/mol. The first-order chi connectivity index (χ1) is 8.97. The fourth-order valence-corrected chi connectivity index (χ4v) is 2.36.